The molecule has 2 aliphatic carbocycles. The van der Waals surface area contributed by atoms with Gasteiger partial charge in [0.15, 0.2) is 0 Å². The van der Waals surface area contributed by atoms with Crippen molar-refractivity contribution in [3.8, 4) is 0 Å². The number of carbonyl (C=O) groups excluding carboxylic acids is 2. The molecular formula is C16H27N3O2. The molecule has 1 spiro atoms. The Morgan fingerprint density at radius 1 is 1.10 bits per heavy atom. The zero-order chi connectivity index (χ0) is 14.9. The van der Waals surface area contributed by atoms with Crippen molar-refractivity contribution in [1.29, 1.82) is 0 Å². The molecule has 3 rings (SSSR count). The van der Waals surface area contributed by atoms with Gasteiger partial charge in [-0.25, -0.2) is 0 Å². The van der Waals surface area contributed by atoms with E-state index in [2.05, 4.69) is 10.6 Å². The van der Waals surface area contributed by atoms with Crippen LogP contribution < -0.4 is 16.4 Å². The van der Waals surface area contributed by atoms with Crippen LogP contribution in [0.1, 0.15) is 64.2 Å². The lowest BCUT2D eigenvalue weighted by atomic mass is 9.77. The Balaban J connectivity index is 1.61. The molecule has 3 fully saturated rings. The Labute approximate surface area is 126 Å². The largest absolute Gasteiger partial charge is 0.342 e. The van der Waals surface area contributed by atoms with Crippen LogP contribution in [0.15, 0.2) is 0 Å². The van der Waals surface area contributed by atoms with E-state index in [1.54, 1.807) is 0 Å². The Morgan fingerprint density at radius 2 is 1.86 bits per heavy atom. The quantitative estimate of drug-likeness (QED) is 0.715. The maximum atomic E-state index is 12.5. The van der Waals surface area contributed by atoms with E-state index in [0.29, 0.717) is 5.92 Å². The van der Waals surface area contributed by atoms with Gasteiger partial charge < -0.3 is 16.4 Å². The summed E-state index contributed by atoms with van der Waals surface area (Å²) in [5.41, 5.74) is 5.40. The summed E-state index contributed by atoms with van der Waals surface area (Å²) in [5.74, 6) is 0.507. The molecule has 1 heterocycles. The lowest BCUT2D eigenvalue weighted by molar-refractivity contribution is -0.143. The Morgan fingerprint density at radius 3 is 2.57 bits per heavy atom. The molecule has 0 aromatic rings. The van der Waals surface area contributed by atoms with Crippen molar-refractivity contribution in [2.75, 3.05) is 0 Å². The van der Waals surface area contributed by atoms with Crippen LogP contribution >= 0.6 is 0 Å². The van der Waals surface area contributed by atoms with Crippen LogP contribution in [0.2, 0.25) is 0 Å². The van der Waals surface area contributed by atoms with Crippen molar-refractivity contribution in [2.45, 2.75) is 81.8 Å². The lowest BCUT2D eigenvalue weighted by Gasteiger charge is -2.43. The highest BCUT2D eigenvalue weighted by molar-refractivity contribution is 5.99. The molecule has 0 aromatic heterocycles. The Hall–Kier alpha value is -1.10. The van der Waals surface area contributed by atoms with E-state index < -0.39 is 5.54 Å². The van der Waals surface area contributed by atoms with Gasteiger partial charge in [-0.15, -0.1) is 0 Å². The second kappa shape index (κ2) is 5.95. The Bertz CT molecular complexity index is 418. The summed E-state index contributed by atoms with van der Waals surface area (Å²) in [5, 5.41) is 6.05. The predicted octanol–water partition coefficient (Wildman–Crippen LogP) is 1.21. The van der Waals surface area contributed by atoms with Crippen LogP contribution in [0.25, 0.3) is 0 Å². The third kappa shape index (κ3) is 3.07. The first-order chi connectivity index (χ1) is 10.1. The van der Waals surface area contributed by atoms with Crippen LogP contribution in [0.4, 0.5) is 0 Å². The van der Waals surface area contributed by atoms with E-state index in [0.717, 1.165) is 64.2 Å². The zero-order valence-electron chi connectivity index (χ0n) is 12.7. The summed E-state index contributed by atoms with van der Waals surface area (Å²) in [6, 6.07) is -0.101. The first kappa shape index (κ1) is 14.8. The van der Waals surface area contributed by atoms with E-state index in [-0.39, 0.29) is 23.9 Å². The highest BCUT2D eigenvalue weighted by Gasteiger charge is 2.47. The van der Waals surface area contributed by atoms with E-state index in [1.807, 2.05) is 0 Å². The maximum absolute atomic E-state index is 12.5. The van der Waals surface area contributed by atoms with Crippen molar-refractivity contribution >= 4 is 11.8 Å². The average molecular weight is 293 g/mol. The fraction of sp³-hybridized carbons (Fsp3) is 0.875. The molecule has 2 amide bonds. The first-order valence-corrected chi connectivity index (χ1v) is 8.48. The fourth-order valence-electron chi connectivity index (χ4n) is 4.29. The molecule has 118 valence electrons. The number of carbonyl (C=O) groups is 2. The molecule has 5 nitrogen and oxygen atoms in total. The molecule has 0 radical (unpaired) electrons. The van der Waals surface area contributed by atoms with Gasteiger partial charge in [-0.2, -0.15) is 0 Å². The number of piperazine rings is 1. The summed E-state index contributed by atoms with van der Waals surface area (Å²) >= 11 is 0. The third-order valence-electron chi connectivity index (χ3n) is 5.52. The standard InChI is InChI=1S/C16H27N3O2/c17-12-6-4-5-11(9-12)10-13-14(20)19-16(15(21)18-13)7-2-1-3-8-16/h11-13H,1-10,17H2,(H,18,21)(H,19,20). The topological polar surface area (TPSA) is 84.2 Å². The van der Waals surface area contributed by atoms with Crippen LogP contribution in [0.3, 0.4) is 0 Å². The summed E-state index contributed by atoms with van der Waals surface area (Å²) in [6.07, 6.45) is 9.84. The van der Waals surface area contributed by atoms with Gasteiger partial charge in [0.05, 0.1) is 0 Å². The molecule has 4 N–H and O–H groups in total. The monoisotopic (exact) mass is 293 g/mol. The van der Waals surface area contributed by atoms with Crippen LogP contribution in [-0.2, 0) is 9.59 Å². The first-order valence-electron chi connectivity index (χ1n) is 8.48. The molecule has 1 aliphatic heterocycles. The number of rotatable bonds is 2. The number of nitrogens with two attached hydrogens (primary N) is 1. The van der Waals surface area contributed by atoms with E-state index in [9.17, 15) is 9.59 Å². The molecule has 0 bridgehead atoms. The summed E-state index contributed by atoms with van der Waals surface area (Å²) in [4.78, 5) is 24.9. The number of nitrogens with one attached hydrogen (secondary N) is 2. The highest BCUT2D eigenvalue weighted by Crippen LogP contribution is 2.32. The number of hydrogen-bond donors (Lipinski definition) is 3. The van der Waals surface area contributed by atoms with Gasteiger partial charge in [0.25, 0.3) is 0 Å². The van der Waals surface area contributed by atoms with Gasteiger partial charge in [0.1, 0.15) is 11.6 Å². The van der Waals surface area contributed by atoms with Gasteiger partial charge in [0.2, 0.25) is 11.8 Å². The van der Waals surface area contributed by atoms with E-state index >= 15 is 0 Å². The van der Waals surface area contributed by atoms with E-state index in [4.69, 9.17) is 5.73 Å². The normalized spacial score (nSPS) is 36.1. The molecule has 3 aliphatic rings. The van der Waals surface area contributed by atoms with Crippen molar-refractivity contribution < 1.29 is 9.59 Å². The fourth-order valence-corrected chi connectivity index (χ4v) is 4.29. The minimum atomic E-state index is -0.616. The minimum absolute atomic E-state index is 0.00986. The van der Waals surface area contributed by atoms with Gasteiger partial charge >= 0.3 is 0 Å². The van der Waals surface area contributed by atoms with Crippen molar-refractivity contribution in [3.05, 3.63) is 0 Å². The van der Waals surface area contributed by atoms with Gasteiger partial charge in [0, 0.05) is 6.04 Å². The highest BCUT2D eigenvalue weighted by atomic mass is 16.2. The zero-order valence-corrected chi connectivity index (χ0v) is 12.7. The smallest absolute Gasteiger partial charge is 0.246 e. The van der Waals surface area contributed by atoms with Crippen LogP contribution in [-0.4, -0.2) is 29.4 Å². The SMILES string of the molecule is NC1CCCC(CC2NC(=O)C3(CCCCC3)NC2=O)C1. The third-order valence-corrected chi connectivity index (χ3v) is 5.52. The van der Waals surface area contributed by atoms with Gasteiger partial charge in [-0.3, -0.25) is 9.59 Å². The molecular weight excluding hydrogens is 266 g/mol. The van der Waals surface area contributed by atoms with Crippen molar-refractivity contribution in [1.82, 2.24) is 10.6 Å². The second-order valence-electron chi connectivity index (χ2n) is 7.19. The van der Waals surface area contributed by atoms with Crippen molar-refractivity contribution in [3.63, 3.8) is 0 Å². The molecule has 1 saturated heterocycles. The summed E-state index contributed by atoms with van der Waals surface area (Å²) < 4.78 is 0. The predicted molar refractivity (Wildman–Crippen MR) is 80.4 cm³/mol. The molecule has 2 saturated carbocycles. The van der Waals surface area contributed by atoms with Gasteiger partial charge in [-0.1, -0.05) is 32.1 Å². The second-order valence-corrected chi connectivity index (χ2v) is 7.19. The molecule has 3 atom stereocenters. The molecule has 21 heavy (non-hydrogen) atoms. The Kier molecular flexibility index (Phi) is 4.20. The maximum Gasteiger partial charge on any atom is 0.246 e. The summed E-state index contributed by atoms with van der Waals surface area (Å²) in [7, 11) is 0. The number of hydrogen-bond acceptors (Lipinski definition) is 3. The van der Waals surface area contributed by atoms with Crippen molar-refractivity contribution in [2.24, 2.45) is 11.7 Å². The van der Waals surface area contributed by atoms with Crippen LogP contribution in [0.5, 0.6) is 0 Å². The number of amides is 2. The van der Waals surface area contributed by atoms with Gasteiger partial charge in [-0.05, 0) is 38.0 Å². The van der Waals surface area contributed by atoms with Crippen LogP contribution in [0, 0.1) is 5.92 Å². The summed E-state index contributed by atoms with van der Waals surface area (Å²) in [6.45, 7) is 0. The molecule has 3 unspecified atom stereocenters. The average Bonchev–Trinajstić information content (AvgIpc) is 2.46. The molecule has 5 heteroatoms. The lowest BCUT2D eigenvalue weighted by Crippen LogP contribution is -2.70. The van der Waals surface area contributed by atoms with E-state index in [1.165, 1.54) is 0 Å². The minimum Gasteiger partial charge on any atom is -0.342 e. The molecule has 0 aromatic carbocycles.